The first-order valence-corrected chi connectivity index (χ1v) is 14.3. The van der Waals surface area contributed by atoms with Crippen LogP contribution in [0.2, 0.25) is 0 Å². The number of β-amino-alcohol motifs (C(OH)–C–C–N with tert-alkyl or cyclic N) is 1. The van der Waals surface area contributed by atoms with Crippen LogP contribution < -0.4 is 19.8 Å². The lowest BCUT2D eigenvalue weighted by atomic mass is 9.93. The van der Waals surface area contributed by atoms with Gasteiger partial charge in [-0.2, -0.15) is 0 Å². The number of anilines is 4. The zero-order chi connectivity index (χ0) is 24.8. The summed E-state index contributed by atoms with van der Waals surface area (Å²) in [5, 5.41) is 13.1. The molecule has 2 saturated carbocycles. The van der Waals surface area contributed by atoms with Crippen LogP contribution in [-0.4, -0.2) is 53.0 Å². The van der Waals surface area contributed by atoms with Crippen LogP contribution in [0.4, 0.5) is 23.0 Å². The topological polar surface area (TPSA) is 80.7 Å². The molecule has 4 aliphatic rings. The van der Waals surface area contributed by atoms with Gasteiger partial charge in [0.1, 0.15) is 11.6 Å². The van der Waals surface area contributed by atoms with Crippen molar-refractivity contribution in [1.82, 2.24) is 4.98 Å². The Morgan fingerprint density at radius 1 is 1.06 bits per heavy atom. The van der Waals surface area contributed by atoms with Crippen molar-refractivity contribution in [3.8, 4) is 0 Å². The van der Waals surface area contributed by atoms with Crippen LogP contribution in [0.15, 0.2) is 36.4 Å². The molecule has 6 rings (SSSR count). The molecule has 1 amide bonds. The molecule has 2 aliphatic carbocycles. The van der Waals surface area contributed by atoms with Crippen LogP contribution in [0.1, 0.15) is 68.6 Å². The predicted molar refractivity (Wildman–Crippen MR) is 148 cm³/mol. The molecular formula is C28H37N5O2S. The normalized spacial score (nSPS) is 23.9. The fourth-order valence-corrected chi connectivity index (χ4v) is 6.22. The maximum absolute atomic E-state index is 13.5. The van der Waals surface area contributed by atoms with Crippen LogP contribution in [-0.2, 0) is 0 Å². The molecule has 2 aromatic rings. The maximum atomic E-state index is 13.5. The Hall–Kier alpha value is -2.45. The molecule has 3 N–H and O–H groups in total. The number of aliphatic hydroxyl groups is 1. The number of piperidine rings is 2. The number of carbonyl (C=O) groups is 1. The van der Waals surface area contributed by atoms with Gasteiger partial charge in [-0.3, -0.25) is 4.79 Å². The van der Waals surface area contributed by atoms with Crippen molar-refractivity contribution in [3.63, 3.8) is 0 Å². The highest BCUT2D eigenvalue weighted by Crippen LogP contribution is 2.54. The van der Waals surface area contributed by atoms with Gasteiger partial charge in [-0.15, -0.1) is 0 Å². The summed E-state index contributed by atoms with van der Waals surface area (Å²) >= 11 is 1.79. The van der Waals surface area contributed by atoms with Crippen molar-refractivity contribution >= 4 is 40.9 Å². The number of hydrogen-bond acceptors (Lipinski definition) is 7. The first kappa shape index (κ1) is 23.9. The molecule has 2 aliphatic heterocycles. The summed E-state index contributed by atoms with van der Waals surface area (Å²) in [6, 6.07) is 11.8. The van der Waals surface area contributed by atoms with Gasteiger partial charge >= 0.3 is 0 Å². The molecule has 1 aromatic carbocycles. The van der Waals surface area contributed by atoms with Gasteiger partial charge in [-0.1, -0.05) is 6.07 Å². The largest absolute Gasteiger partial charge is 0.391 e. The van der Waals surface area contributed by atoms with E-state index in [0.717, 1.165) is 49.7 Å². The standard InChI is InChI=1S/C28H37N5O2S/c1-27(9-10-27)36-31-20-7-8-22(23(18-20)32-16-13-28(11-12-28)14-17-32)26(35)30-24-5-2-6-25(29-24)33-15-3-4-21(34)19-33/h2,5-8,18,21,31,34H,3-4,9-17,19H2,1H3,(H,29,30,35). The van der Waals surface area contributed by atoms with E-state index in [4.69, 9.17) is 4.98 Å². The van der Waals surface area contributed by atoms with E-state index < -0.39 is 0 Å². The maximum Gasteiger partial charge on any atom is 0.258 e. The number of rotatable bonds is 7. The molecule has 192 valence electrons. The quantitative estimate of drug-likeness (QED) is 0.440. The lowest BCUT2D eigenvalue weighted by Gasteiger charge is -2.35. The van der Waals surface area contributed by atoms with Crippen molar-refractivity contribution in [2.45, 2.75) is 69.1 Å². The number of hydrogen-bond donors (Lipinski definition) is 3. The van der Waals surface area contributed by atoms with E-state index in [2.05, 4.69) is 32.8 Å². The van der Waals surface area contributed by atoms with E-state index in [1.54, 1.807) is 11.9 Å². The number of aliphatic hydroxyl groups excluding tert-OH is 1. The Morgan fingerprint density at radius 2 is 1.86 bits per heavy atom. The van der Waals surface area contributed by atoms with E-state index in [1.807, 2.05) is 30.3 Å². The van der Waals surface area contributed by atoms with Crippen molar-refractivity contribution < 1.29 is 9.90 Å². The highest BCUT2D eigenvalue weighted by molar-refractivity contribution is 8.02. The first-order chi connectivity index (χ1) is 17.4. The van der Waals surface area contributed by atoms with Gasteiger partial charge in [-0.25, -0.2) is 4.98 Å². The number of carbonyl (C=O) groups excluding carboxylic acids is 1. The number of benzene rings is 1. The van der Waals surface area contributed by atoms with Crippen LogP contribution in [0.5, 0.6) is 0 Å². The highest BCUT2D eigenvalue weighted by atomic mass is 32.2. The zero-order valence-electron chi connectivity index (χ0n) is 21.1. The molecule has 0 bridgehead atoms. The second-order valence-electron chi connectivity index (χ2n) is 11.5. The summed E-state index contributed by atoms with van der Waals surface area (Å²) in [5.74, 6) is 1.20. The van der Waals surface area contributed by atoms with Gasteiger partial charge < -0.3 is 24.9 Å². The Labute approximate surface area is 218 Å². The minimum atomic E-state index is -0.325. The SMILES string of the molecule is CC1(SNc2ccc(C(=O)Nc3cccc(N4CCCC(O)C4)n3)c(N3CCC4(CC3)CC4)c2)CC1. The molecular weight excluding hydrogens is 470 g/mol. The second kappa shape index (κ2) is 9.45. The van der Waals surface area contributed by atoms with E-state index in [-0.39, 0.29) is 12.0 Å². The van der Waals surface area contributed by atoms with Gasteiger partial charge in [0.15, 0.2) is 0 Å². The van der Waals surface area contributed by atoms with E-state index in [1.165, 1.54) is 38.5 Å². The Balaban J connectivity index is 1.21. The molecule has 0 radical (unpaired) electrons. The molecule has 2 saturated heterocycles. The molecule has 1 atom stereocenters. The van der Waals surface area contributed by atoms with Gasteiger partial charge in [0.05, 0.1) is 17.4 Å². The highest BCUT2D eigenvalue weighted by Gasteiger charge is 2.44. The number of pyridine rings is 1. The minimum absolute atomic E-state index is 0.131. The van der Waals surface area contributed by atoms with Crippen molar-refractivity contribution in [2.75, 3.05) is 46.0 Å². The third-order valence-corrected chi connectivity index (χ3v) is 9.67. The molecule has 1 aromatic heterocycles. The van der Waals surface area contributed by atoms with Crippen molar-refractivity contribution in [3.05, 3.63) is 42.0 Å². The fraction of sp³-hybridized carbons (Fsp3) is 0.571. The average Bonchev–Trinajstić information content (AvgIpc) is 3.82. The third-order valence-electron chi connectivity index (χ3n) is 8.43. The van der Waals surface area contributed by atoms with Crippen molar-refractivity contribution in [2.24, 2.45) is 5.41 Å². The molecule has 7 nitrogen and oxygen atoms in total. The minimum Gasteiger partial charge on any atom is -0.391 e. The molecule has 4 fully saturated rings. The predicted octanol–water partition coefficient (Wildman–Crippen LogP) is 5.29. The van der Waals surface area contributed by atoms with Crippen LogP contribution >= 0.6 is 11.9 Å². The molecule has 8 heteroatoms. The monoisotopic (exact) mass is 507 g/mol. The number of nitrogens with one attached hydrogen (secondary N) is 2. The number of nitrogens with zero attached hydrogens (tertiary/aromatic N) is 3. The lowest BCUT2D eigenvalue weighted by Crippen LogP contribution is -2.38. The molecule has 1 unspecified atom stereocenters. The second-order valence-corrected chi connectivity index (χ2v) is 12.8. The number of aromatic nitrogens is 1. The van der Waals surface area contributed by atoms with Crippen LogP contribution in [0, 0.1) is 5.41 Å². The average molecular weight is 508 g/mol. The summed E-state index contributed by atoms with van der Waals surface area (Å²) in [5.41, 5.74) is 3.33. The van der Waals surface area contributed by atoms with E-state index >= 15 is 0 Å². The first-order valence-electron chi connectivity index (χ1n) is 13.4. The summed E-state index contributed by atoms with van der Waals surface area (Å²) < 4.78 is 3.87. The summed E-state index contributed by atoms with van der Waals surface area (Å²) in [4.78, 5) is 22.7. The van der Waals surface area contributed by atoms with Crippen LogP contribution in [0.25, 0.3) is 0 Å². The Kier molecular flexibility index (Phi) is 6.28. The third kappa shape index (κ3) is 5.30. The summed E-state index contributed by atoms with van der Waals surface area (Å²) in [6.07, 6.45) is 9.08. The summed E-state index contributed by atoms with van der Waals surface area (Å²) in [6.45, 7) is 5.74. The van der Waals surface area contributed by atoms with E-state index in [0.29, 0.717) is 28.1 Å². The molecule has 36 heavy (non-hydrogen) atoms. The smallest absolute Gasteiger partial charge is 0.258 e. The van der Waals surface area contributed by atoms with Gasteiger partial charge in [-0.05, 0) is 106 Å². The molecule has 3 heterocycles. The zero-order valence-corrected chi connectivity index (χ0v) is 21.9. The van der Waals surface area contributed by atoms with Gasteiger partial charge in [0, 0.05) is 36.6 Å². The Morgan fingerprint density at radius 3 is 2.58 bits per heavy atom. The van der Waals surface area contributed by atoms with E-state index in [9.17, 15) is 9.90 Å². The fourth-order valence-electron chi connectivity index (χ4n) is 5.42. The summed E-state index contributed by atoms with van der Waals surface area (Å²) in [7, 11) is 0. The Bertz CT molecular complexity index is 1120. The van der Waals surface area contributed by atoms with Crippen LogP contribution in [0.3, 0.4) is 0 Å². The lowest BCUT2D eigenvalue weighted by molar-refractivity contribution is 0.102. The van der Waals surface area contributed by atoms with Crippen molar-refractivity contribution in [1.29, 1.82) is 0 Å². The number of amides is 1. The molecule has 1 spiro atoms. The van der Waals surface area contributed by atoms with Gasteiger partial charge in [0.2, 0.25) is 0 Å². The van der Waals surface area contributed by atoms with Gasteiger partial charge in [0.25, 0.3) is 5.91 Å².